The number of fused-ring (bicyclic) bond motifs is 4. The Bertz CT molecular complexity index is 1570. The Balaban J connectivity index is 1.53. The van der Waals surface area contributed by atoms with Gasteiger partial charge in [-0.15, -0.1) is 10.2 Å². The van der Waals surface area contributed by atoms with Crippen LogP contribution in [-0.4, -0.2) is 52.4 Å². The van der Waals surface area contributed by atoms with Gasteiger partial charge in [0.25, 0.3) is 11.5 Å². The van der Waals surface area contributed by atoms with Gasteiger partial charge in [0.2, 0.25) is 5.65 Å². The summed E-state index contributed by atoms with van der Waals surface area (Å²) in [7, 11) is 1.60. The number of nitrogens with one attached hydrogen (secondary N) is 1. The number of aromatic amines is 1. The fraction of sp³-hybridized carbons (Fsp3) is 0.385. The highest BCUT2D eigenvalue weighted by atomic mass is 35.5. The molecule has 36 heavy (non-hydrogen) atoms. The molecule has 2 aromatic carbocycles. The number of benzene rings is 2. The van der Waals surface area contributed by atoms with E-state index < -0.39 is 0 Å². The van der Waals surface area contributed by atoms with E-state index in [0.717, 1.165) is 47.4 Å². The maximum absolute atomic E-state index is 13.8. The minimum absolute atomic E-state index is 0.147. The number of amides is 1. The number of rotatable bonds is 4. The van der Waals surface area contributed by atoms with Crippen LogP contribution in [0.2, 0.25) is 5.02 Å². The SMILES string of the molecule is COCc1cc2c(cc1C(=O)N1CCc3cc(Cl)ccc31)[nH]c(=O)c1nnc(C3(C)CCOCC3)n12. The van der Waals surface area contributed by atoms with Crippen molar-refractivity contribution in [1.29, 1.82) is 0 Å². The Labute approximate surface area is 212 Å². The van der Waals surface area contributed by atoms with Crippen molar-refractivity contribution in [3.8, 4) is 0 Å². The van der Waals surface area contributed by atoms with Gasteiger partial charge in [-0.05, 0) is 60.7 Å². The highest BCUT2D eigenvalue weighted by Crippen LogP contribution is 2.35. The average molecular weight is 508 g/mol. The standard InChI is InChI=1S/C26H26ClN5O4/c1-26(6-9-36-10-7-26)25-30-29-22-23(33)28-19-13-18(16(14-35-2)12-21(19)32(22)25)24(34)31-8-5-15-11-17(27)3-4-20(15)31/h3-4,11-13H,5-10,14H2,1-2H3,(H,28,33). The predicted octanol–water partition coefficient (Wildman–Crippen LogP) is 3.64. The van der Waals surface area contributed by atoms with E-state index in [-0.39, 0.29) is 29.1 Å². The number of halogens is 1. The smallest absolute Gasteiger partial charge is 0.294 e. The van der Waals surface area contributed by atoms with Crippen molar-refractivity contribution in [3.63, 3.8) is 0 Å². The second-order valence-corrected chi connectivity index (χ2v) is 10.2. The molecule has 0 spiro atoms. The molecule has 0 saturated carbocycles. The molecule has 1 fully saturated rings. The first kappa shape index (κ1) is 23.1. The summed E-state index contributed by atoms with van der Waals surface area (Å²) in [6, 6.07) is 9.23. The Morgan fingerprint density at radius 2 is 2.03 bits per heavy atom. The van der Waals surface area contributed by atoms with Crippen LogP contribution in [0.3, 0.4) is 0 Å². The molecule has 6 rings (SSSR count). The van der Waals surface area contributed by atoms with Crippen molar-refractivity contribution in [2.75, 3.05) is 31.8 Å². The molecule has 1 N–H and O–H groups in total. The number of nitrogens with zero attached hydrogens (tertiary/aromatic N) is 4. The van der Waals surface area contributed by atoms with Crippen LogP contribution in [-0.2, 0) is 27.9 Å². The molecule has 0 bridgehead atoms. The molecular weight excluding hydrogens is 482 g/mol. The molecule has 9 nitrogen and oxygen atoms in total. The van der Waals surface area contributed by atoms with E-state index in [9.17, 15) is 9.59 Å². The molecule has 2 aliphatic rings. The molecule has 1 saturated heterocycles. The molecule has 0 unspecified atom stereocenters. The lowest BCUT2D eigenvalue weighted by Gasteiger charge is -2.32. The fourth-order valence-electron chi connectivity index (χ4n) is 5.39. The zero-order valence-corrected chi connectivity index (χ0v) is 20.9. The van der Waals surface area contributed by atoms with Gasteiger partial charge in [0.15, 0.2) is 0 Å². The van der Waals surface area contributed by atoms with E-state index in [1.807, 2.05) is 22.6 Å². The van der Waals surface area contributed by atoms with Crippen LogP contribution in [0.5, 0.6) is 0 Å². The summed E-state index contributed by atoms with van der Waals surface area (Å²) < 4.78 is 12.9. The first-order chi connectivity index (χ1) is 17.4. The van der Waals surface area contributed by atoms with Crippen LogP contribution >= 0.6 is 11.6 Å². The van der Waals surface area contributed by atoms with E-state index in [0.29, 0.717) is 35.9 Å². The molecule has 0 radical (unpaired) electrons. The van der Waals surface area contributed by atoms with E-state index >= 15 is 0 Å². The Morgan fingerprint density at radius 1 is 1.22 bits per heavy atom. The molecule has 1 amide bonds. The summed E-state index contributed by atoms with van der Waals surface area (Å²) in [5.74, 6) is 0.580. The predicted molar refractivity (Wildman–Crippen MR) is 136 cm³/mol. The van der Waals surface area contributed by atoms with Crippen LogP contribution in [0.4, 0.5) is 5.69 Å². The third-order valence-corrected chi connectivity index (χ3v) is 7.66. The van der Waals surface area contributed by atoms with Crippen molar-refractivity contribution in [3.05, 3.63) is 68.2 Å². The van der Waals surface area contributed by atoms with Crippen LogP contribution < -0.4 is 10.5 Å². The third kappa shape index (κ3) is 3.61. The van der Waals surface area contributed by atoms with E-state index in [4.69, 9.17) is 21.1 Å². The van der Waals surface area contributed by atoms with Crippen molar-refractivity contribution in [1.82, 2.24) is 19.6 Å². The minimum Gasteiger partial charge on any atom is -0.381 e. The van der Waals surface area contributed by atoms with Crippen molar-refractivity contribution < 1.29 is 14.3 Å². The van der Waals surface area contributed by atoms with Crippen molar-refractivity contribution in [2.24, 2.45) is 0 Å². The quantitative estimate of drug-likeness (QED) is 0.452. The summed E-state index contributed by atoms with van der Waals surface area (Å²) >= 11 is 6.16. The lowest BCUT2D eigenvalue weighted by Crippen LogP contribution is -2.33. The maximum Gasteiger partial charge on any atom is 0.294 e. The highest BCUT2D eigenvalue weighted by Gasteiger charge is 2.35. The zero-order valence-electron chi connectivity index (χ0n) is 20.1. The average Bonchev–Trinajstić information content (AvgIpc) is 3.50. The minimum atomic E-state index is -0.351. The fourth-order valence-corrected chi connectivity index (χ4v) is 5.59. The van der Waals surface area contributed by atoms with Gasteiger partial charge in [-0.25, -0.2) is 0 Å². The van der Waals surface area contributed by atoms with E-state index in [1.165, 1.54) is 0 Å². The molecule has 2 aromatic heterocycles. The monoisotopic (exact) mass is 507 g/mol. The molecule has 10 heteroatoms. The molecule has 2 aliphatic heterocycles. The summed E-state index contributed by atoms with van der Waals surface area (Å²) in [5, 5.41) is 9.33. The first-order valence-corrected chi connectivity index (χ1v) is 12.4. The molecule has 4 heterocycles. The number of aromatic nitrogens is 4. The zero-order chi connectivity index (χ0) is 25.0. The second-order valence-electron chi connectivity index (χ2n) is 9.75. The molecule has 0 aliphatic carbocycles. The Morgan fingerprint density at radius 3 is 2.81 bits per heavy atom. The van der Waals surface area contributed by atoms with Crippen LogP contribution in [0.15, 0.2) is 35.1 Å². The van der Waals surface area contributed by atoms with Crippen LogP contribution in [0, 0.1) is 0 Å². The van der Waals surface area contributed by atoms with Crippen LogP contribution in [0.25, 0.3) is 16.7 Å². The second kappa shape index (κ2) is 8.69. The van der Waals surface area contributed by atoms with Gasteiger partial charge in [-0.3, -0.25) is 14.0 Å². The van der Waals surface area contributed by atoms with Crippen LogP contribution in [0.1, 0.15) is 47.1 Å². The summed E-state index contributed by atoms with van der Waals surface area (Å²) in [5.41, 5.74) is 3.97. The molecule has 0 atom stereocenters. The number of ether oxygens (including phenoxy) is 2. The third-order valence-electron chi connectivity index (χ3n) is 7.43. The Kier molecular flexibility index (Phi) is 5.59. The Hall–Kier alpha value is -3.27. The van der Waals surface area contributed by atoms with Gasteiger partial charge in [0, 0.05) is 48.6 Å². The lowest BCUT2D eigenvalue weighted by atomic mass is 9.81. The van der Waals surface area contributed by atoms with Gasteiger partial charge >= 0.3 is 0 Å². The largest absolute Gasteiger partial charge is 0.381 e. The number of anilines is 1. The first-order valence-electron chi connectivity index (χ1n) is 12.0. The molecular formula is C26H26ClN5O4. The normalized spacial score (nSPS) is 17.1. The number of H-pyrrole nitrogens is 1. The van der Waals surface area contributed by atoms with Gasteiger partial charge in [-0.2, -0.15) is 0 Å². The van der Waals surface area contributed by atoms with Gasteiger partial charge in [0.05, 0.1) is 17.6 Å². The number of carbonyl (C=O) groups excluding carboxylic acids is 1. The number of hydrogen-bond acceptors (Lipinski definition) is 6. The number of hydrogen-bond donors (Lipinski definition) is 1. The van der Waals surface area contributed by atoms with Gasteiger partial charge < -0.3 is 19.4 Å². The number of carbonyl (C=O) groups is 1. The molecule has 186 valence electrons. The topological polar surface area (TPSA) is 102 Å². The van der Waals surface area contributed by atoms with E-state index in [2.05, 4.69) is 22.1 Å². The van der Waals surface area contributed by atoms with E-state index in [1.54, 1.807) is 24.1 Å². The highest BCUT2D eigenvalue weighted by molar-refractivity contribution is 6.30. The number of methoxy groups -OCH3 is 1. The molecule has 4 aromatic rings. The van der Waals surface area contributed by atoms with Gasteiger partial charge in [-0.1, -0.05) is 18.5 Å². The van der Waals surface area contributed by atoms with Crippen molar-refractivity contribution >= 4 is 39.9 Å². The van der Waals surface area contributed by atoms with Gasteiger partial charge in [0.1, 0.15) is 5.82 Å². The summed E-state index contributed by atoms with van der Waals surface area (Å²) in [4.78, 5) is 31.5. The summed E-state index contributed by atoms with van der Waals surface area (Å²) in [6.07, 6.45) is 2.29. The van der Waals surface area contributed by atoms with Crippen molar-refractivity contribution in [2.45, 2.75) is 38.2 Å². The maximum atomic E-state index is 13.8. The summed E-state index contributed by atoms with van der Waals surface area (Å²) in [6.45, 7) is 4.18. The lowest BCUT2D eigenvalue weighted by molar-refractivity contribution is 0.0533.